The van der Waals surface area contributed by atoms with E-state index in [1.165, 1.54) is 13.1 Å². The number of hydrogen-bond acceptors (Lipinski definition) is 4. The van der Waals surface area contributed by atoms with Gasteiger partial charge in [-0.2, -0.15) is 13.2 Å². The minimum atomic E-state index is -4.68. The lowest BCUT2D eigenvalue weighted by atomic mass is 10.1. The number of halogens is 3. The first-order chi connectivity index (χ1) is 13.6. The zero-order valence-electron chi connectivity index (χ0n) is 15.3. The standard InChI is InChI=1S/C19H18F3N5O2/c1-27(18(24)25)17(28)15-8-12-13(19(20,21)22)6-11(7-14(12)26-15)29-16-5-3-2-4-10(16)9-23/h2-8,26H,9,23H2,1H3,(H3,24,25). The lowest BCUT2D eigenvalue weighted by Gasteiger charge is -2.13. The van der Waals surface area contributed by atoms with Gasteiger partial charge in [-0.25, -0.2) is 0 Å². The number of hydrogen-bond donors (Lipinski definition) is 4. The third-order valence-corrected chi connectivity index (χ3v) is 4.33. The van der Waals surface area contributed by atoms with Gasteiger partial charge < -0.3 is 21.2 Å². The van der Waals surface area contributed by atoms with E-state index in [1.54, 1.807) is 24.3 Å². The molecule has 7 nitrogen and oxygen atoms in total. The van der Waals surface area contributed by atoms with Gasteiger partial charge in [0.2, 0.25) is 0 Å². The number of carbonyl (C=O) groups is 1. The number of rotatable bonds is 4. The molecule has 152 valence electrons. The molecule has 0 bridgehead atoms. The fraction of sp³-hybridized carbons (Fsp3) is 0.158. The summed E-state index contributed by atoms with van der Waals surface area (Å²) < 4.78 is 46.6. The lowest BCUT2D eigenvalue weighted by Crippen LogP contribution is -2.38. The highest BCUT2D eigenvalue weighted by molar-refractivity contribution is 6.06. The molecule has 1 aromatic heterocycles. The number of nitrogens with two attached hydrogens (primary N) is 2. The number of H-pyrrole nitrogens is 1. The number of aromatic amines is 1. The highest BCUT2D eigenvalue weighted by Crippen LogP contribution is 2.39. The monoisotopic (exact) mass is 405 g/mol. The molecule has 0 aliphatic rings. The van der Waals surface area contributed by atoms with Crippen molar-refractivity contribution in [1.29, 1.82) is 5.41 Å². The SMILES string of the molecule is CN(C(=N)N)C(=O)c1cc2c(C(F)(F)F)cc(Oc3ccccc3CN)cc2[nH]1. The van der Waals surface area contributed by atoms with E-state index in [1.807, 2.05) is 0 Å². The second kappa shape index (κ2) is 7.47. The van der Waals surface area contributed by atoms with E-state index in [2.05, 4.69) is 4.98 Å². The lowest BCUT2D eigenvalue weighted by molar-refractivity contribution is -0.136. The number of aromatic nitrogens is 1. The van der Waals surface area contributed by atoms with Crippen LogP contribution in [0.3, 0.4) is 0 Å². The molecule has 0 atom stereocenters. The molecule has 0 aliphatic heterocycles. The van der Waals surface area contributed by atoms with Gasteiger partial charge in [0.1, 0.15) is 17.2 Å². The van der Waals surface area contributed by atoms with Crippen molar-refractivity contribution in [2.75, 3.05) is 7.05 Å². The second-order valence-corrected chi connectivity index (χ2v) is 6.28. The van der Waals surface area contributed by atoms with Crippen LogP contribution in [-0.4, -0.2) is 28.8 Å². The number of guanidine groups is 1. The van der Waals surface area contributed by atoms with Crippen molar-refractivity contribution >= 4 is 22.8 Å². The van der Waals surface area contributed by atoms with Gasteiger partial charge in [-0.3, -0.25) is 15.1 Å². The number of nitrogens with one attached hydrogen (secondary N) is 2. The molecule has 1 heterocycles. The quantitative estimate of drug-likeness (QED) is 0.393. The van der Waals surface area contributed by atoms with Crippen LogP contribution in [0.1, 0.15) is 21.6 Å². The predicted molar refractivity (Wildman–Crippen MR) is 102 cm³/mol. The van der Waals surface area contributed by atoms with Gasteiger partial charge in [0.25, 0.3) is 5.91 Å². The molecule has 2 aromatic carbocycles. The van der Waals surface area contributed by atoms with Crippen LogP contribution in [0.15, 0.2) is 42.5 Å². The predicted octanol–water partition coefficient (Wildman–Crippen LogP) is 3.40. The summed E-state index contributed by atoms with van der Waals surface area (Å²) >= 11 is 0. The number of fused-ring (bicyclic) bond motifs is 1. The molecule has 0 fully saturated rings. The normalized spacial score (nSPS) is 11.5. The summed E-state index contributed by atoms with van der Waals surface area (Å²) in [5, 5.41) is 7.12. The van der Waals surface area contributed by atoms with Gasteiger partial charge in [-0.1, -0.05) is 18.2 Å². The number of alkyl halides is 3. The smallest absolute Gasteiger partial charge is 0.417 e. The van der Waals surface area contributed by atoms with Gasteiger partial charge in [0, 0.05) is 30.6 Å². The number of benzene rings is 2. The molecule has 0 aliphatic carbocycles. The first-order valence-electron chi connectivity index (χ1n) is 8.43. The Balaban J connectivity index is 2.11. The highest BCUT2D eigenvalue weighted by Gasteiger charge is 2.34. The Morgan fingerprint density at radius 3 is 2.55 bits per heavy atom. The molecule has 0 saturated carbocycles. The number of ether oxygens (including phenoxy) is 1. The zero-order valence-corrected chi connectivity index (χ0v) is 15.3. The molecule has 3 rings (SSSR count). The Morgan fingerprint density at radius 1 is 1.24 bits per heavy atom. The van der Waals surface area contributed by atoms with Gasteiger partial charge in [0.05, 0.1) is 11.1 Å². The Labute approximate surface area is 163 Å². The molecule has 0 radical (unpaired) electrons. The van der Waals surface area contributed by atoms with Crippen molar-refractivity contribution in [1.82, 2.24) is 9.88 Å². The van der Waals surface area contributed by atoms with Gasteiger partial charge >= 0.3 is 6.18 Å². The van der Waals surface area contributed by atoms with Crippen LogP contribution < -0.4 is 16.2 Å². The van der Waals surface area contributed by atoms with E-state index in [4.69, 9.17) is 21.6 Å². The number of nitrogens with zero attached hydrogens (tertiary/aromatic N) is 1. The van der Waals surface area contributed by atoms with Crippen molar-refractivity contribution in [2.45, 2.75) is 12.7 Å². The summed E-state index contributed by atoms with van der Waals surface area (Å²) in [5.74, 6) is -1.00. The largest absolute Gasteiger partial charge is 0.457 e. The molecule has 10 heteroatoms. The second-order valence-electron chi connectivity index (χ2n) is 6.28. The van der Waals surface area contributed by atoms with Gasteiger partial charge in [0.15, 0.2) is 5.96 Å². The summed E-state index contributed by atoms with van der Waals surface area (Å²) in [6.07, 6.45) is -4.68. The van der Waals surface area contributed by atoms with E-state index in [-0.39, 0.29) is 28.9 Å². The van der Waals surface area contributed by atoms with Crippen molar-refractivity contribution in [3.05, 3.63) is 59.3 Å². The summed E-state index contributed by atoms with van der Waals surface area (Å²) in [6.45, 7) is 0.156. The van der Waals surface area contributed by atoms with Crippen LogP contribution >= 0.6 is 0 Å². The fourth-order valence-corrected chi connectivity index (χ4v) is 2.81. The average molecular weight is 405 g/mol. The maximum atomic E-state index is 13.6. The molecule has 0 unspecified atom stereocenters. The van der Waals surface area contributed by atoms with E-state index in [9.17, 15) is 18.0 Å². The summed E-state index contributed by atoms with van der Waals surface area (Å²) in [4.78, 5) is 15.8. The van der Waals surface area contributed by atoms with E-state index < -0.39 is 23.6 Å². The zero-order chi connectivity index (χ0) is 21.3. The van der Waals surface area contributed by atoms with E-state index in [0.717, 1.165) is 17.0 Å². The number of carbonyl (C=O) groups excluding carboxylic acids is 1. The third kappa shape index (κ3) is 4.02. The van der Waals surface area contributed by atoms with Crippen molar-refractivity contribution in [2.24, 2.45) is 11.5 Å². The summed E-state index contributed by atoms with van der Waals surface area (Å²) in [6, 6.07) is 10.0. The molecular formula is C19H18F3N5O2. The van der Waals surface area contributed by atoms with Crippen LogP contribution in [-0.2, 0) is 12.7 Å². The number of para-hydroxylation sites is 1. The highest BCUT2D eigenvalue weighted by atomic mass is 19.4. The van der Waals surface area contributed by atoms with Gasteiger partial charge in [-0.05, 0) is 18.2 Å². The molecule has 29 heavy (non-hydrogen) atoms. The Kier molecular flexibility index (Phi) is 5.21. The fourth-order valence-electron chi connectivity index (χ4n) is 2.81. The maximum absolute atomic E-state index is 13.6. The van der Waals surface area contributed by atoms with E-state index in [0.29, 0.717) is 11.3 Å². The van der Waals surface area contributed by atoms with Crippen molar-refractivity contribution in [3.8, 4) is 11.5 Å². The first-order valence-corrected chi connectivity index (χ1v) is 8.43. The Morgan fingerprint density at radius 2 is 1.93 bits per heavy atom. The summed E-state index contributed by atoms with van der Waals surface area (Å²) in [5.41, 5.74) is 10.5. The molecule has 0 spiro atoms. The van der Waals surface area contributed by atoms with Crippen LogP contribution in [0.2, 0.25) is 0 Å². The molecule has 1 amide bonds. The third-order valence-electron chi connectivity index (χ3n) is 4.33. The van der Waals surface area contributed by atoms with Crippen molar-refractivity contribution < 1.29 is 22.7 Å². The van der Waals surface area contributed by atoms with E-state index >= 15 is 0 Å². The van der Waals surface area contributed by atoms with Crippen LogP contribution in [0.4, 0.5) is 13.2 Å². The van der Waals surface area contributed by atoms with Crippen LogP contribution in [0.25, 0.3) is 10.9 Å². The molecule has 3 aromatic rings. The minimum Gasteiger partial charge on any atom is -0.457 e. The Hall–Kier alpha value is -3.53. The Bertz CT molecular complexity index is 1090. The van der Waals surface area contributed by atoms with Crippen molar-refractivity contribution in [3.63, 3.8) is 0 Å². The molecule has 6 N–H and O–H groups in total. The van der Waals surface area contributed by atoms with Crippen LogP contribution in [0.5, 0.6) is 11.5 Å². The summed E-state index contributed by atoms with van der Waals surface area (Å²) in [7, 11) is 1.25. The minimum absolute atomic E-state index is 0.0559. The maximum Gasteiger partial charge on any atom is 0.417 e. The molecule has 0 saturated heterocycles. The first kappa shape index (κ1) is 20.2. The molecular weight excluding hydrogens is 387 g/mol. The number of amides is 1. The topological polar surface area (TPSA) is 121 Å². The van der Waals surface area contributed by atoms with Gasteiger partial charge in [-0.15, -0.1) is 0 Å². The van der Waals surface area contributed by atoms with Crippen LogP contribution in [0, 0.1) is 5.41 Å². The average Bonchev–Trinajstić information content (AvgIpc) is 3.09.